The number of hydrogen-bond donors (Lipinski definition) is 2. The molecule has 0 radical (unpaired) electrons. The fourth-order valence-electron chi connectivity index (χ4n) is 3.84. The number of hydrogen-bond acceptors (Lipinski definition) is 6. The second kappa shape index (κ2) is 9.96. The first-order valence-electron chi connectivity index (χ1n) is 10.5. The summed E-state index contributed by atoms with van der Waals surface area (Å²) < 4.78 is 5.56. The lowest BCUT2D eigenvalue weighted by Crippen LogP contribution is -2.36. The number of aromatic amines is 1. The zero-order valence-corrected chi connectivity index (χ0v) is 18.1. The summed E-state index contributed by atoms with van der Waals surface area (Å²) >= 11 is 1.68. The Bertz CT molecular complexity index is 830. The van der Waals surface area contributed by atoms with Crippen molar-refractivity contribution in [2.45, 2.75) is 65.5 Å². The molecule has 0 aliphatic heterocycles. The maximum atomic E-state index is 12.7. The summed E-state index contributed by atoms with van der Waals surface area (Å²) in [4.78, 5) is 24.8. The number of ether oxygens (including phenoxy) is 1. The molecule has 0 saturated heterocycles. The number of nitrogens with one attached hydrogen (secondary N) is 1. The van der Waals surface area contributed by atoms with E-state index in [0.717, 1.165) is 42.4 Å². The molecular formula is C21H33N3O3S. The Hall–Kier alpha value is -1.28. The van der Waals surface area contributed by atoms with Crippen LogP contribution in [0.4, 0.5) is 0 Å². The highest BCUT2D eigenvalue weighted by atomic mass is 32.1. The van der Waals surface area contributed by atoms with Crippen molar-refractivity contribution < 1.29 is 9.84 Å². The van der Waals surface area contributed by atoms with E-state index in [9.17, 15) is 9.90 Å². The van der Waals surface area contributed by atoms with Gasteiger partial charge in [0.15, 0.2) is 0 Å². The van der Waals surface area contributed by atoms with Crippen molar-refractivity contribution in [2.24, 2.45) is 5.92 Å². The van der Waals surface area contributed by atoms with Crippen LogP contribution < -0.4 is 5.56 Å². The zero-order chi connectivity index (χ0) is 20.1. The van der Waals surface area contributed by atoms with Crippen molar-refractivity contribution in [2.75, 3.05) is 26.3 Å². The van der Waals surface area contributed by atoms with Gasteiger partial charge in [-0.3, -0.25) is 9.69 Å². The molecule has 0 fully saturated rings. The van der Waals surface area contributed by atoms with Crippen LogP contribution in [-0.2, 0) is 24.1 Å². The molecule has 0 spiro atoms. The van der Waals surface area contributed by atoms with Gasteiger partial charge >= 0.3 is 0 Å². The maximum absolute atomic E-state index is 12.7. The maximum Gasteiger partial charge on any atom is 0.259 e. The van der Waals surface area contributed by atoms with Crippen LogP contribution in [0.3, 0.4) is 0 Å². The summed E-state index contributed by atoms with van der Waals surface area (Å²) in [5, 5.41) is 11.1. The third kappa shape index (κ3) is 5.41. The molecule has 0 amide bonds. The standard InChI is InChI=1S/C21H33N3O3S/c1-4-9-24(10-15(25)13-27-12-14(2)3)11-18-22-20(26)19-16-7-5-6-8-17(16)28-21(19)23-18/h14-15,25H,4-13H2,1-3H3,(H,22,23,26). The van der Waals surface area contributed by atoms with Crippen LogP contribution in [0.15, 0.2) is 4.79 Å². The molecule has 2 N–H and O–H groups in total. The Balaban J connectivity index is 1.70. The molecule has 1 unspecified atom stereocenters. The molecule has 156 valence electrons. The zero-order valence-electron chi connectivity index (χ0n) is 17.3. The number of aliphatic hydroxyl groups excluding tert-OH is 1. The van der Waals surface area contributed by atoms with Gasteiger partial charge in [-0.25, -0.2) is 4.98 Å². The number of fused-ring (bicyclic) bond motifs is 3. The van der Waals surface area contributed by atoms with Gasteiger partial charge in [-0.05, 0) is 50.1 Å². The number of aromatic nitrogens is 2. The molecule has 0 saturated carbocycles. The molecule has 1 aliphatic rings. The SMILES string of the molecule is CCCN(Cc1nc2sc3c(c2c(=O)[nH]1)CCCC3)CC(O)COCC(C)C. The lowest BCUT2D eigenvalue weighted by Gasteiger charge is -2.24. The molecule has 2 aromatic rings. The van der Waals surface area contributed by atoms with Gasteiger partial charge in [0.05, 0.1) is 24.6 Å². The first kappa shape index (κ1) is 21.4. The molecule has 0 bridgehead atoms. The van der Waals surface area contributed by atoms with Crippen molar-refractivity contribution in [1.82, 2.24) is 14.9 Å². The van der Waals surface area contributed by atoms with E-state index in [2.05, 4.69) is 30.7 Å². The predicted octanol–water partition coefficient (Wildman–Crippen LogP) is 3.11. The minimum Gasteiger partial charge on any atom is -0.389 e. The van der Waals surface area contributed by atoms with E-state index in [-0.39, 0.29) is 5.56 Å². The summed E-state index contributed by atoms with van der Waals surface area (Å²) in [6.45, 7) is 9.16. The minimum atomic E-state index is -0.546. The smallest absolute Gasteiger partial charge is 0.259 e. The first-order valence-corrected chi connectivity index (χ1v) is 11.3. The Labute approximate surface area is 170 Å². The van der Waals surface area contributed by atoms with Gasteiger partial charge in [0.1, 0.15) is 10.7 Å². The number of H-pyrrole nitrogens is 1. The molecule has 6 nitrogen and oxygen atoms in total. The number of aliphatic hydroxyl groups is 1. The highest BCUT2D eigenvalue weighted by Gasteiger charge is 2.20. The van der Waals surface area contributed by atoms with E-state index >= 15 is 0 Å². The summed E-state index contributed by atoms with van der Waals surface area (Å²) in [6, 6.07) is 0. The molecular weight excluding hydrogens is 374 g/mol. The van der Waals surface area contributed by atoms with Crippen LogP contribution in [0.5, 0.6) is 0 Å². The molecule has 3 rings (SSSR count). The minimum absolute atomic E-state index is 0.0170. The molecule has 0 aromatic carbocycles. The number of rotatable bonds is 10. The van der Waals surface area contributed by atoms with Crippen molar-refractivity contribution >= 4 is 21.6 Å². The molecule has 2 heterocycles. The fraction of sp³-hybridized carbons (Fsp3) is 0.714. The normalized spacial score (nSPS) is 15.5. The van der Waals surface area contributed by atoms with Gasteiger partial charge in [0, 0.05) is 18.0 Å². The second-order valence-electron chi connectivity index (χ2n) is 8.22. The van der Waals surface area contributed by atoms with Crippen molar-refractivity contribution in [3.05, 3.63) is 26.6 Å². The van der Waals surface area contributed by atoms with Crippen LogP contribution in [0.25, 0.3) is 10.2 Å². The fourth-order valence-corrected chi connectivity index (χ4v) is 5.12. The Morgan fingerprint density at radius 3 is 2.82 bits per heavy atom. The van der Waals surface area contributed by atoms with Crippen LogP contribution in [-0.4, -0.2) is 52.4 Å². The van der Waals surface area contributed by atoms with Crippen LogP contribution in [0.2, 0.25) is 0 Å². The van der Waals surface area contributed by atoms with Crippen LogP contribution in [0.1, 0.15) is 56.3 Å². The largest absolute Gasteiger partial charge is 0.389 e. The molecule has 1 atom stereocenters. The average molecular weight is 408 g/mol. The van der Waals surface area contributed by atoms with E-state index in [4.69, 9.17) is 9.72 Å². The average Bonchev–Trinajstić information content (AvgIpc) is 3.00. The third-order valence-corrected chi connectivity index (χ3v) is 6.20. The van der Waals surface area contributed by atoms with E-state index in [1.165, 1.54) is 16.9 Å². The third-order valence-electron chi connectivity index (χ3n) is 5.02. The molecule has 28 heavy (non-hydrogen) atoms. The Morgan fingerprint density at radius 2 is 2.07 bits per heavy atom. The van der Waals surface area contributed by atoms with Gasteiger partial charge in [0.25, 0.3) is 5.56 Å². The van der Waals surface area contributed by atoms with E-state index in [1.54, 1.807) is 11.3 Å². The Kier molecular flexibility index (Phi) is 7.62. The van der Waals surface area contributed by atoms with E-state index in [0.29, 0.717) is 38.0 Å². The van der Waals surface area contributed by atoms with Gasteiger partial charge in [0.2, 0.25) is 0 Å². The quantitative estimate of drug-likeness (QED) is 0.633. The van der Waals surface area contributed by atoms with Crippen molar-refractivity contribution in [3.8, 4) is 0 Å². The second-order valence-corrected chi connectivity index (χ2v) is 9.31. The number of aryl methyl sites for hydroxylation is 2. The molecule has 2 aromatic heterocycles. The van der Waals surface area contributed by atoms with Gasteiger partial charge in [-0.15, -0.1) is 11.3 Å². The molecule has 7 heteroatoms. The lowest BCUT2D eigenvalue weighted by atomic mass is 9.97. The topological polar surface area (TPSA) is 78.5 Å². The summed E-state index contributed by atoms with van der Waals surface area (Å²) in [5.74, 6) is 1.14. The highest BCUT2D eigenvalue weighted by Crippen LogP contribution is 2.33. The first-order chi connectivity index (χ1) is 13.5. The van der Waals surface area contributed by atoms with E-state index < -0.39 is 6.10 Å². The van der Waals surface area contributed by atoms with Gasteiger partial charge < -0.3 is 14.8 Å². The van der Waals surface area contributed by atoms with Gasteiger partial charge in [-0.1, -0.05) is 20.8 Å². The van der Waals surface area contributed by atoms with Crippen LogP contribution >= 0.6 is 11.3 Å². The predicted molar refractivity (Wildman–Crippen MR) is 114 cm³/mol. The number of thiophene rings is 1. The van der Waals surface area contributed by atoms with E-state index in [1.807, 2.05) is 0 Å². The van der Waals surface area contributed by atoms with Crippen LogP contribution in [0, 0.1) is 5.92 Å². The summed E-state index contributed by atoms with van der Waals surface area (Å²) in [7, 11) is 0. The van der Waals surface area contributed by atoms with Crippen molar-refractivity contribution in [1.29, 1.82) is 0 Å². The highest BCUT2D eigenvalue weighted by molar-refractivity contribution is 7.18. The summed E-state index contributed by atoms with van der Waals surface area (Å²) in [6.07, 6.45) is 4.83. The monoisotopic (exact) mass is 407 g/mol. The number of nitrogens with zero attached hydrogens (tertiary/aromatic N) is 2. The molecule has 1 aliphatic carbocycles. The van der Waals surface area contributed by atoms with Crippen molar-refractivity contribution in [3.63, 3.8) is 0 Å². The lowest BCUT2D eigenvalue weighted by molar-refractivity contribution is 0.00657. The van der Waals surface area contributed by atoms with Gasteiger partial charge in [-0.2, -0.15) is 0 Å². The Morgan fingerprint density at radius 1 is 1.29 bits per heavy atom. The summed E-state index contributed by atoms with van der Waals surface area (Å²) in [5.41, 5.74) is 1.20.